The molecule has 3 N–H and O–H groups in total. The predicted octanol–water partition coefficient (Wildman–Crippen LogP) is 1.97. The molecule has 21 heavy (non-hydrogen) atoms. The fraction of sp³-hybridized carbons (Fsp3) is 0.500. The molecule has 1 amide bonds. The largest absolute Gasteiger partial charge is 0.393 e. The molecule has 0 atom stereocenters. The first-order valence-corrected chi connectivity index (χ1v) is 6.81. The molecule has 7 heteroatoms. The fourth-order valence-electron chi connectivity index (χ4n) is 1.64. The second-order valence-corrected chi connectivity index (χ2v) is 5.11. The number of nitrogens with two attached hydrogens (primary N) is 1. The van der Waals surface area contributed by atoms with E-state index in [1.54, 1.807) is 0 Å². The number of carbonyl (C=O) groups excluding carboxylic acids is 1. The Morgan fingerprint density at radius 3 is 2.81 bits per heavy atom. The van der Waals surface area contributed by atoms with Crippen molar-refractivity contribution < 1.29 is 14.5 Å². The van der Waals surface area contributed by atoms with Crippen LogP contribution in [0.1, 0.15) is 30.6 Å². The molecule has 1 rings (SSSR count). The Kier molecular flexibility index (Phi) is 6.61. The molecule has 0 saturated heterocycles. The molecule has 0 aliphatic rings. The zero-order valence-electron chi connectivity index (χ0n) is 12.3. The Hall–Kier alpha value is -2.15. The number of hydrogen-bond donors (Lipinski definition) is 2. The summed E-state index contributed by atoms with van der Waals surface area (Å²) in [7, 11) is 0. The molecule has 0 unspecified atom stereocenters. The number of ether oxygens (including phenoxy) is 1. The highest BCUT2D eigenvalue weighted by molar-refractivity contribution is 5.95. The second-order valence-electron chi connectivity index (χ2n) is 5.11. The minimum absolute atomic E-state index is 0.0404. The zero-order chi connectivity index (χ0) is 15.8. The third-order valence-electron chi connectivity index (χ3n) is 2.69. The Bertz CT molecular complexity index is 503. The number of rotatable bonds is 8. The van der Waals surface area contributed by atoms with Crippen molar-refractivity contribution in [2.24, 2.45) is 5.92 Å². The van der Waals surface area contributed by atoms with Gasteiger partial charge in [0.05, 0.1) is 4.92 Å². The van der Waals surface area contributed by atoms with Crippen molar-refractivity contribution in [3.05, 3.63) is 33.9 Å². The van der Waals surface area contributed by atoms with E-state index in [4.69, 9.17) is 10.5 Å². The van der Waals surface area contributed by atoms with Crippen LogP contribution in [0.3, 0.4) is 0 Å². The molecule has 116 valence electrons. The molecule has 0 fully saturated rings. The molecular weight excluding hydrogens is 274 g/mol. The molecule has 0 bridgehead atoms. The first-order chi connectivity index (χ1) is 9.91. The predicted molar refractivity (Wildman–Crippen MR) is 80.1 cm³/mol. The van der Waals surface area contributed by atoms with Crippen LogP contribution in [-0.2, 0) is 4.74 Å². The van der Waals surface area contributed by atoms with Crippen molar-refractivity contribution in [3.8, 4) is 0 Å². The summed E-state index contributed by atoms with van der Waals surface area (Å²) in [5.41, 5.74) is 5.48. The van der Waals surface area contributed by atoms with Gasteiger partial charge in [-0.1, -0.05) is 13.8 Å². The van der Waals surface area contributed by atoms with E-state index in [0.29, 0.717) is 32.1 Å². The van der Waals surface area contributed by atoms with Gasteiger partial charge in [0.1, 0.15) is 5.69 Å². The Balaban J connectivity index is 2.42. The SMILES string of the molecule is CC(C)COCCCNC(=O)c1ccc(N)c([N+](=O)[O-])c1. The first-order valence-electron chi connectivity index (χ1n) is 6.81. The lowest BCUT2D eigenvalue weighted by Gasteiger charge is -2.08. The van der Waals surface area contributed by atoms with Gasteiger partial charge in [-0.2, -0.15) is 0 Å². The highest BCUT2D eigenvalue weighted by Gasteiger charge is 2.15. The van der Waals surface area contributed by atoms with Crippen molar-refractivity contribution in [1.82, 2.24) is 5.32 Å². The summed E-state index contributed by atoms with van der Waals surface area (Å²) in [5, 5.41) is 13.5. The summed E-state index contributed by atoms with van der Waals surface area (Å²) in [6.07, 6.45) is 0.690. The monoisotopic (exact) mass is 295 g/mol. The molecule has 0 spiro atoms. The van der Waals surface area contributed by atoms with Crippen LogP contribution in [-0.4, -0.2) is 30.6 Å². The molecule has 0 saturated carbocycles. The van der Waals surface area contributed by atoms with Crippen LogP contribution in [0.15, 0.2) is 18.2 Å². The quantitative estimate of drug-likeness (QED) is 0.330. The summed E-state index contributed by atoms with van der Waals surface area (Å²) in [5.74, 6) is 0.122. The van der Waals surface area contributed by atoms with Crippen molar-refractivity contribution >= 4 is 17.3 Å². The van der Waals surface area contributed by atoms with Crippen LogP contribution in [0.25, 0.3) is 0 Å². The molecule has 0 aromatic heterocycles. The van der Waals surface area contributed by atoms with Gasteiger partial charge < -0.3 is 15.8 Å². The van der Waals surface area contributed by atoms with E-state index < -0.39 is 4.92 Å². The number of nitrogen functional groups attached to an aromatic ring is 1. The maximum atomic E-state index is 11.9. The van der Waals surface area contributed by atoms with Gasteiger partial charge in [-0.05, 0) is 24.5 Å². The van der Waals surface area contributed by atoms with Crippen molar-refractivity contribution in [2.75, 3.05) is 25.5 Å². The maximum absolute atomic E-state index is 11.9. The molecule has 0 radical (unpaired) electrons. The summed E-state index contributed by atoms with van der Waals surface area (Å²) < 4.78 is 5.39. The lowest BCUT2D eigenvalue weighted by Crippen LogP contribution is -2.25. The number of benzene rings is 1. The summed E-state index contributed by atoms with van der Waals surface area (Å²) in [4.78, 5) is 22.0. The van der Waals surface area contributed by atoms with Crippen LogP contribution in [0.4, 0.5) is 11.4 Å². The van der Waals surface area contributed by atoms with Crippen LogP contribution in [0.5, 0.6) is 0 Å². The minimum Gasteiger partial charge on any atom is -0.393 e. The van der Waals surface area contributed by atoms with Gasteiger partial charge in [0.15, 0.2) is 0 Å². The van der Waals surface area contributed by atoms with Crippen LogP contribution in [0.2, 0.25) is 0 Å². The van der Waals surface area contributed by atoms with Crippen LogP contribution < -0.4 is 11.1 Å². The van der Waals surface area contributed by atoms with Gasteiger partial charge in [-0.3, -0.25) is 14.9 Å². The number of hydrogen-bond acceptors (Lipinski definition) is 5. The Morgan fingerprint density at radius 1 is 1.48 bits per heavy atom. The maximum Gasteiger partial charge on any atom is 0.292 e. The molecule has 1 aromatic carbocycles. The van der Waals surface area contributed by atoms with Crippen molar-refractivity contribution in [2.45, 2.75) is 20.3 Å². The summed E-state index contributed by atoms with van der Waals surface area (Å²) >= 11 is 0. The minimum atomic E-state index is -0.605. The van der Waals surface area contributed by atoms with Crippen LogP contribution >= 0.6 is 0 Å². The van der Waals surface area contributed by atoms with E-state index in [9.17, 15) is 14.9 Å². The highest BCUT2D eigenvalue weighted by Crippen LogP contribution is 2.22. The Morgan fingerprint density at radius 2 is 2.19 bits per heavy atom. The number of carbonyl (C=O) groups is 1. The first kappa shape index (κ1) is 16.9. The topological polar surface area (TPSA) is 107 Å². The van der Waals surface area contributed by atoms with Gasteiger partial charge in [0.2, 0.25) is 0 Å². The van der Waals surface area contributed by atoms with Crippen LogP contribution in [0, 0.1) is 16.0 Å². The number of amides is 1. The number of anilines is 1. The molecule has 0 heterocycles. The van der Waals surface area contributed by atoms with Gasteiger partial charge in [-0.15, -0.1) is 0 Å². The molecule has 0 aliphatic carbocycles. The van der Waals surface area contributed by atoms with Crippen molar-refractivity contribution in [3.63, 3.8) is 0 Å². The number of nitro benzene ring substituents is 1. The van der Waals surface area contributed by atoms with E-state index >= 15 is 0 Å². The van der Waals surface area contributed by atoms with E-state index in [1.165, 1.54) is 18.2 Å². The lowest BCUT2D eigenvalue weighted by molar-refractivity contribution is -0.383. The smallest absolute Gasteiger partial charge is 0.292 e. The lowest BCUT2D eigenvalue weighted by atomic mass is 10.1. The van der Waals surface area contributed by atoms with Gasteiger partial charge >= 0.3 is 0 Å². The van der Waals surface area contributed by atoms with E-state index in [1.807, 2.05) is 0 Å². The normalized spacial score (nSPS) is 10.6. The third kappa shape index (κ3) is 5.78. The second kappa shape index (κ2) is 8.21. The summed E-state index contributed by atoms with van der Waals surface area (Å²) in [6, 6.07) is 4.01. The molecular formula is C14H21N3O4. The summed E-state index contributed by atoms with van der Waals surface area (Å²) in [6.45, 7) is 5.85. The number of nitrogens with zero attached hydrogens (tertiary/aromatic N) is 1. The third-order valence-corrected chi connectivity index (χ3v) is 2.69. The van der Waals surface area contributed by atoms with Gasteiger partial charge in [0.25, 0.3) is 11.6 Å². The average Bonchev–Trinajstić information content (AvgIpc) is 2.42. The van der Waals surface area contributed by atoms with E-state index in [0.717, 1.165) is 0 Å². The van der Waals surface area contributed by atoms with Crippen molar-refractivity contribution in [1.29, 1.82) is 0 Å². The number of nitro groups is 1. The van der Waals surface area contributed by atoms with Gasteiger partial charge in [-0.25, -0.2) is 0 Å². The number of nitrogens with one attached hydrogen (secondary N) is 1. The Labute approximate surface area is 123 Å². The molecule has 0 aliphatic heterocycles. The highest BCUT2D eigenvalue weighted by atomic mass is 16.6. The van der Waals surface area contributed by atoms with E-state index in [2.05, 4.69) is 19.2 Å². The standard InChI is InChI=1S/C14H21N3O4/c1-10(2)9-21-7-3-6-16-14(18)11-4-5-12(15)13(8-11)17(19)20/h4-5,8,10H,3,6-7,9,15H2,1-2H3,(H,16,18). The fourth-order valence-corrected chi connectivity index (χ4v) is 1.64. The zero-order valence-corrected chi connectivity index (χ0v) is 12.3. The molecule has 7 nitrogen and oxygen atoms in total. The van der Waals surface area contributed by atoms with Gasteiger partial charge in [0, 0.05) is 31.4 Å². The average molecular weight is 295 g/mol. The molecule has 1 aromatic rings. The van der Waals surface area contributed by atoms with E-state index in [-0.39, 0.29) is 22.8 Å².